The van der Waals surface area contributed by atoms with Gasteiger partial charge in [-0.15, -0.1) is 11.3 Å². The minimum Gasteiger partial charge on any atom is -0.317 e. The van der Waals surface area contributed by atoms with E-state index in [9.17, 15) is 0 Å². The van der Waals surface area contributed by atoms with Gasteiger partial charge in [-0.3, -0.25) is 5.41 Å². The molecule has 0 radical (unpaired) electrons. The normalized spacial score (nSPS) is 10.8. The van der Waals surface area contributed by atoms with Gasteiger partial charge >= 0.3 is 0 Å². The summed E-state index contributed by atoms with van der Waals surface area (Å²) < 4.78 is 2.09. The highest BCUT2D eigenvalue weighted by molar-refractivity contribution is 7.09. The van der Waals surface area contributed by atoms with Crippen molar-refractivity contribution in [1.29, 1.82) is 5.41 Å². The van der Waals surface area contributed by atoms with Gasteiger partial charge in [-0.2, -0.15) is 0 Å². The molecule has 90 valence electrons. The first-order chi connectivity index (χ1) is 8.17. The molecule has 0 unspecified atom stereocenters. The molecule has 2 nitrogen and oxygen atoms in total. The van der Waals surface area contributed by atoms with Crippen LogP contribution < -0.4 is 4.80 Å². The molecule has 1 aromatic heterocycles. The highest BCUT2D eigenvalue weighted by Gasteiger charge is 2.12. The first-order valence-electron chi connectivity index (χ1n) is 6.01. The second kappa shape index (κ2) is 4.88. The van der Waals surface area contributed by atoms with Gasteiger partial charge in [0.1, 0.15) is 0 Å². The zero-order valence-corrected chi connectivity index (χ0v) is 11.4. The zero-order chi connectivity index (χ0) is 12.4. The Morgan fingerprint density at radius 3 is 2.35 bits per heavy atom. The molecule has 17 heavy (non-hydrogen) atoms. The summed E-state index contributed by atoms with van der Waals surface area (Å²) in [5.41, 5.74) is 3.73. The van der Waals surface area contributed by atoms with Gasteiger partial charge < -0.3 is 4.57 Å². The molecule has 0 fully saturated rings. The Kier molecular flexibility index (Phi) is 3.48. The molecule has 0 saturated heterocycles. The van der Waals surface area contributed by atoms with E-state index in [1.54, 1.807) is 11.3 Å². The van der Waals surface area contributed by atoms with E-state index in [1.807, 2.05) is 0 Å². The molecule has 0 aliphatic heterocycles. The fourth-order valence-corrected chi connectivity index (χ4v) is 3.07. The summed E-state index contributed by atoms with van der Waals surface area (Å²) in [6.07, 6.45) is 0.993. The van der Waals surface area contributed by atoms with Gasteiger partial charge in [-0.05, 0) is 25.8 Å². The summed E-state index contributed by atoms with van der Waals surface area (Å²) in [5, 5.41) is 8.01. The van der Waals surface area contributed by atoms with Gasteiger partial charge in [-0.25, -0.2) is 0 Å². The van der Waals surface area contributed by atoms with E-state index in [0.29, 0.717) is 4.80 Å². The van der Waals surface area contributed by atoms with Crippen LogP contribution in [-0.4, -0.2) is 4.57 Å². The average Bonchev–Trinajstić information content (AvgIpc) is 2.66. The summed E-state index contributed by atoms with van der Waals surface area (Å²) in [4.78, 5) is 1.96. The third-order valence-corrected chi connectivity index (χ3v) is 4.10. The minimum absolute atomic E-state index is 0.653. The number of hydrogen-bond acceptors (Lipinski definition) is 2. The number of aromatic nitrogens is 1. The molecule has 3 heteroatoms. The van der Waals surface area contributed by atoms with Crippen molar-refractivity contribution < 1.29 is 0 Å². The quantitative estimate of drug-likeness (QED) is 0.857. The summed E-state index contributed by atoms with van der Waals surface area (Å²) in [6, 6.07) is 8.58. The average molecular weight is 246 g/mol. The molecule has 0 bridgehead atoms. The molecule has 1 heterocycles. The molecule has 2 aromatic rings. The van der Waals surface area contributed by atoms with Crippen molar-refractivity contribution in [1.82, 2.24) is 4.57 Å². The van der Waals surface area contributed by atoms with Crippen molar-refractivity contribution in [2.24, 2.45) is 0 Å². The topological polar surface area (TPSA) is 28.8 Å². The van der Waals surface area contributed by atoms with E-state index in [2.05, 4.69) is 49.6 Å². The standard InChI is InChI=1S/C14H18N2S/c1-4-12-13(16(5-2)14(15)17-12)11-8-6-10(3)7-9-11/h6-9,15H,4-5H2,1-3H3. The number of hydrogen-bond donors (Lipinski definition) is 1. The molecule has 0 spiro atoms. The van der Waals surface area contributed by atoms with Gasteiger partial charge in [0.15, 0.2) is 4.80 Å². The van der Waals surface area contributed by atoms with Crippen LogP contribution in [0.2, 0.25) is 0 Å². The predicted molar refractivity (Wildman–Crippen MR) is 73.4 cm³/mol. The molecule has 0 saturated carbocycles. The number of nitrogens with zero attached hydrogens (tertiary/aromatic N) is 1. The van der Waals surface area contributed by atoms with E-state index in [0.717, 1.165) is 13.0 Å². The SMILES string of the molecule is CCc1sc(=N)n(CC)c1-c1ccc(C)cc1. The van der Waals surface area contributed by atoms with Crippen molar-refractivity contribution in [2.75, 3.05) is 0 Å². The molecule has 1 N–H and O–H groups in total. The lowest BCUT2D eigenvalue weighted by atomic mass is 10.1. The van der Waals surface area contributed by atoms with Gasteiger partial charge in [-0.1, -0.05) is 36.8 Å². The van der Waals surface area contributed by atoms with E-state index in [4.69, 9.17) is 5.41 Å². The summed E-state index contributed by atoms with van der Waals surface area (Å²) in [6.45, 7) is 7.21. The van der Waals surface area contributed by atoms with E-state index >= 15 is 0 Å². The van der Waals surface area contributed by atoms with Crippen molar-refractivity contribution in [3.05, 3.63) is 39.5 Å². The van der Waals surface area contributed by atoms with Crippen molar-refractivity contribution in [2.45, 2.75) is 33.7 Å². The van der Waals surface area contributed by atoms with E-state index in [1.165, 1.54) is 21.7 Å². The lowest BCUT2D eigenvalue weighted by Gasteiger charge is -2.08. The van der Waals surface area contributed by atoms with Crippen LogP contribution in [0, 0.1) is 12.3 Å². The second-order valence-electron chi connectivity index (χ2n) is 4.14. The van der Waals surface area contributed by atoms with Crippen LogP contribution in [0.25, 0.3) is 11.3 Å². The van der Waals surface area contributed by atoms with Crippen LogP contribution in [0.4, 0.5) is 0 Å². The van der Waals surface area contributed by atoms with E-state index < -0.39 is 0 Å². The smallest absolute Gasteiger partial charge is 0.182 e. The Hall–Kier alpha value is -1.35. The number of nitrogens with one attached hydrogen (secondary N) is 1. The Balaban J connectivity index is 2.64. The number of aryl methyl sites for hydroxylation is 2. The molecule has 0 amide bonds. The number of rotatable bonds is 3. The number of benzene rings is 1. The predicted octanol–water partition coefficient (Wildman–Crippen LogP) is 3.59. The van der Waals surface area contributed by atoms with Gasteiger partial charge in [0, 0.05) is 11.4 Å². The van der Waals surface area contributed by atoms with Crippen LogP contribution in [0.15, 0.2) is 24.3 Å². The van der Waals surface area contributed by atoms with Gasteiger partial charge in [0.25, 0.3) is 0 Å². The fourth-order valence-electron chi connectivity index (χ4n) is 2.04. The van der Waals surface area contributed by atoms with Crippen molar-refractivity contribution in [3.63, 3.8) is 0 Å². The highest BCUT2D eigenvalue weighted by atomic mass is 32.1. The Bertz CT molecular complexity index is 561. The minimum atomic E-state index is 0.653. The molecule has 1 aromatic carbocycles. The summed E-state index contributed by atoms with van der Waals surface area (Å²) in [5.74, 6) is 0. The number of thiazole rings is 1. The van der Waals surface area contributed by atoms with Gasteiger partial charge in [0.2, 0.25) is 0 Å². The summed E-state index contributed by atoms with van der Waals surface area (Å²) >= 11 is 1.59. The van der Waals surface area contributed by atoms with Gasteiger partial charge in [0.05, 0.1) is 5.69 Å². The Morgan fingerprint density at radius 1 is 1.18 bits per heavy atom. The van der Waals surface area contributed by atoms with Crippen LogP contribution >= 0.6 is 11.3 Å². The third kappa shape index (κ3) is 2.20. The maximum Gasteiger partial charge on any atom is 0.182 e. The second-order valence-corrected chi connectivity index (χ2v) is 5.23. The molecule has 0 aliphatic rings. The fraction of sp³-hybridized carbons (Fsp3) is 0.357. The van der Waals surface area contributed by atoms with Crippen LogP contribution in [0.5, 0.6) is 0 Å². The van der Waals surface area contributed by atoms with Crippen LogP contribution in [0.3, 0.4) is 0 Å². The first kappa shape index (κ1) is 12.1. The lowest BCUT2D eigenvalue weighted by molar-refractivity contribution is 0.733. The lowest BCUT2D eigenvalue weighted by Crippen LogP contribution is -2.12. The molecular formula is C14H18N2S. The third-order valence-electron chi connectivity index (χ3n) is 2.96. The Labute approximate surface area is 106 Å². The maximum atomic E-state index is 8.01. The summed E-state index contributed by atoms with van der Waals surface area (Å²) in [7, 11) is 0. The molecule has 0 aliphatic carbocycles. The first-order valence-corrected chi connectivity index (χ1v) is 6.83. The van der Waals surface area contributed by atoms with Crippen LogP contribution in [-0.2, 0) is 13.0 Å². The van der Waals surface area contributed by atoms with Crippen molar-refractivity contribution >= 4 is 11.3 Å². The largest absolute Gasteiger partial charge is 0.317 e. The van der Waals surface area contributed by atoms with Crippen LogP contribution in [0.1, 0.15) is 24.3 Å². The Morgan fingerprint density at radius 2 is 1.82 bits per heavy atom. The zero-order valence-electron chi connectivity index (χ0n) is 10.6. The van der Waals surface area contributed by atoms with E-state index in [-0.39, 0.29) is 0 Å². The highest BCUT2D eigenvalue weighted by Crippen LogP contribution is 2.26. The maximum absolute atomic E-state index is 8.01. The van der Waals surface area contributed by atoms with Crippen molar-refractivity contribution in [3.8, 4) is 11.3 Å². The molecular weight excluding hydrogens is 228 g/mol. The molecule has 2 rings (SSSR count). The molecule has 0 atom stereocenters. The monoisotopic (exact) mass is 246 g/mol.